The molecule has 1 aliphatic heterocycles. The van der Waals surface area contributed by atoms with Gasteiger partial charge in [0.05, 0.1) is 31.8 Å². The molecule has 0 saturated heterocycles. The summed E-state index contributed by atoms with van der Waals surface area (Å²) in [4.78, 5) is 39.7. The Kier molecular flexibility index (Phi) is 9.69. The van der Waals surface area contributed by atoms with Crippen molar-refractivity contribution < 1.29 is 38.8 Å². The highest BCUT2D eigenvalue weighted by molar-refractivity contribution is 5.96. The van der Waals surface area contributed by atoms with Gasteiger partial charge in [-0.05, 0) is 38.5 Å². The van der Waals surface area contributed by atoms with Crippen molar-refractivity contribution in [2.24, 2.45) is 5.92 Å². The molecule has 1 heterocycles. The van der Waals surface area contributed by atoms with E-state index in [1.54, 1.807) is 30.9 Å². The molecule has 10 heteroatoms. The SMILES string of the molecule is COc1cc(C=O)cc2c1O[C@@H]1[C@@H](O)[C@H](N(CCCOC(C)C)C(=O)C(C)C)C=C(C(=O)NCCO)[C@H]21. The smallest absolute Gasteiger partial charge is 0.247 e. The Morgan fingerprint density at radius 1 is 1.24 bits per heavy atom. The summed E-state index contributed by atoms with van der Waals surface area (Å²) in [6.45, 7) is 7.97. The number of carbonyl (C=O) groups excluding carboxylic acids is 3. The van der Waals surface area contributed by atoms with Gasteiger partial charge >= 0.3 is 0 Å². The lowest BCUT2D eigenvalue weighted by molar-refractivity contribution is -0.140. The summed E-state index contributed by atoms with van der Waals surface area (Å²) in [6.07, 6.45) is 0.825. The van der Waals surface area contributed by atoms with E-state index in [0.717, 1.165) is 0 Å². The maximum atomic E-state index is 13.3. The number of aliphatic hydroxyl groups is 2. The molecule has 0 saturated carbocycles. The van der Waals surface area contributed by atoms with Crippen LogP contribution in [-0.2, 0) is 14.3 Å². The number of nitrogens with zero attached hydrogens (tertiary/aromatic N) is 1. The second-order valence-corrected chi connectivity index (χ2v) is 9.86. The van der Waals surface area contributed by atoms with Crippen LogP contribution in [0.3, 0.4) is 0 Å². The first-order chi connectivity index (χ1) is 17.6. The third-order valence-electron chi connectivity index (χ3n) is 6.54. The maximum Gasteiger partial charge on any atom is 0.247 e. The monoisotopic (exact) mass is 518 g/mol. The van der Waals surface area contributed by atoms with Crippen molar-refractivity contribution in [3.63, 3.8) is 0 Å². The minimum Gasteiger partial charge on any atom is -0.493 e. The zero-order valence-electron chi connectivity index (χ0n) is 22.1. The van der Waals surface area contributed by atoms with Crippen molar-refractivity contribution in [2.75, 3.05) is 33.4 Å². The first kappa shape index (κ1) is 28.6. The van der Waals surface area contributed by atoms with Crippen molar-refractivity contribution in [2.45, 2.75) is 64.4 Å². The van der Waals surface area contributed by atoms with Crippen molar-refractivity contribution in [3.8, 4) is 11.5 Å². The van der Waals surface area contributed by atoms with Gasteiger partial charge < -0.3 is 34.6 Å². The zero-order chi connectivity index (χ0) is 27.3. The number of methoxy groups -OCH3 is 1. The largest absolute Gasteiger partial charge is 0.493 e. The molecular formula is C27H38N2O8. The van der Waals surface area contributed by atoms with Crippen LogP contribution in [-0.4, -0.2) is 91.0 Å². The third-order valence-corrected chi connectivity index (χ3v) is 6.54. The number of aliphatic hydroxyl groups excluding tert-OH is 2. The zero-order valence-corrected chi connectivity index (χ0v) is 22.1. The molecule has 1 aromatic rings. The Hall–Kier alpha value is -2.95. The Labute approximate surface area is 217 Å². The molecule has 1 aromatic carbocycles. The minimum atomic E-state index is -1.16. The number of fused-ring (bicyclic) bond motifs is 3. The molecule has 3 rings (SSSR count). The Morgan fingerprint density at radius 3 is 2.57 bits per heavy atom. The van der Waals surface area contributed by atoms with Gasteiger partial charge in [0.25, 0.3) is 0 Å². The van der Waals surface area contributed by atoms with E-state index in [1.165, 1.54) is 13.2 Å². The highest BCUT2D eigenvalue weighted by atomic mass is 16.5. The van der Waals surface area contributed by atoms with E-state index in [4.69, 9.17) is 14.2 Å². The van der Waals surface area contributed by atoms with Crippen LogP contribution in [0.4, 0.5) is 0 Å². The van der Waals surface area contributed by atoms with E-state index in [9.17, 15) is 24.6 Å². The molecule has 0 aromatic heterocycles. The molecule has 37 heavy (non-hydrogen) atoms. The highest BCUT2D eigenvalue weighted by Gasteiger charge is 2.51. The molecule has 0 fully saturated rings. The molecule has 0 radical (unpaired) electrons. The summed E-state index contributed by atoms with van der Waals surface area (Å²) in [5.74, 6) is -1.01. The molecule has 4 atom stereocenters. The lowest BCUT2D eigenvalue weighted by Gasteiger charge is -2.41. The number of rotatable bonds is 12. The molecule has 2 amide bonds. The number of ether oxygens (including phenoxy) is 3. The van der Waals surface area contributed by atoms with E-state index < -0.39 is 30.1 Å². The number of benzene rings is 1. The van der Waals surface area contributed by atoms with E-state index in [2.05, 4.69) is 5.32 Å². The van der Waals surface area contributed by atoms with E-state index >= 15 is 0 Å². The van der Waals surface area contributed by atoms with Gasteiger partial charge in [0, 0.05) is 42.3 Å². The Morgan fingerprint density at radius 2 is 1.97 bits per heavy atom. The molecule has 0 unspecified atom stereocenters. The molecule has 204 valence electrons. The van der Waals surface area contributed by atoms with Gasteiger partial charge in [-0.1, -0.05) is 13.8 Å². The lowest BCUT2D eigenvalue weighted by atomic mass is 9.77. The molecule has 2 aliphatic rings. The number of hydrogen-bond acceptors (Lipinski definition) is 8. The molecule has 10 nitrogen and oxygen atoms in total. The normalized spacial score (nSPS) is 22.1. The highest BCUT2D eigenvalue weighted by Crippen LogP contribution is 2.51. The summed E-state index contributed by atoms with van der Waals surface area (Å²) >= 11 is 0. The summed E-state index contributed by atoms with van der Waals surface area (Å²) in [5.41, 5.74) is 1.17. The number of aldehydes is 1. The third kappa shape index (κ3) is 6.14. The number of hydrogen-bond donors (Lipinski definition) is 3. The minimum absolute atomic E-state index is 0.0351. The summed E-state index contributed by atoms with van der Waals surface area (Å²) in [7, 11) is 1.45. The van der Waals surface area contributed by atoms with Crippen molar-refractivity contribution >= 4 is 18.1 Å². The van der Waals surface area contributed by atoms with Crippen LogP contribution in [0, 0.1) is 5.92 Å². The summed E-state index contributed by atoms with van der Waals surface area (Å²) in [5, 5.41) is 23.5. The number of amides is 2. The van der Waals surface area contributed by atoms with Crippen molar-refractivity contribution in [1.82, 2.24) is 10.2 Å². The van der Waals surface area contributed by atoms with Crippen molar-refractivity contribution in [3.05, 3.63) is 34.9 Å². The maximum absolute atomic E-state index is 13.3. The Balaban J connectivity index is 2.06. The topological polar surface area (TPSA) is 135 Å². The van der Waals surface area contributed by atoms with Crippen molar-refractivity contribution in [1.29, 1.82) is 0 Å². The quantitative estimate of drug-likeness (QED) is 0.279. The summed E-state index contributed by atoms with van der Waals surface area (Å²) < 4.78 is 17.3. The average Bonchev–Trinajstić information content (AvgIpc) is 3.27. The van der Waals surface area contributed by atoms with Crippen LogP contribution < -0.4 is 14.8 Å². The molecular weight excluding hydrogens is 480 g/mol. The first-order valence-electron chi connectivity index (χ1n) is 12.7. The van der Waals surface area contributed by atoms with Gasteiger partial charge in [-0.25, -0.2) is 0 Å². The van der Waals surface area contributed by atoms with Gasteiger partial charge in [-0.15, -0.1) is 0 Å². The molecule has 0 bridgehead atoms. The first-order valence-corrected chi connectivity index (χ1v) is 12.7. The fraction of sp³-hybridized carbons (Fsp3) is 0.593. The van der Waals surface area contributed by atoms with Crippen LogP contribution in [0.25, 0.3) is 0 Å². The van der Waals surface area contributed by atoms with E-state index in [-0.39, 0.29) is 36.7 Å². The lowest BCUT2D eigenvalue weighted by Crippen LogP contribution is -2.56. The van der Waals surface area contributed by atoms with E-state index in [1.807, 2.05) is 13.8 Å². The van der Waals surface area contributed by atoms with Gasteiger partial charge in [-0.2, -0.15) is 0 Å². The van der Waals surface area contributed by atoms with Gasteiger partial charge in [0.2, 0.25) is 11.8 Å². The van der Waals surface area contributed by atoms with Crippen LogP contribution >= 0.6 is 0 Å². The Bertz CT molecular complexity index is 1020. The molecule has 1 aliphatic carbocycles. The predicted molar refractivity (Wildman–Crippen MR) is 136 cm³/mol. The van der Waals surface area contributed by atoms with Crippen LogP contribution in [0.15, 0.2) is 23.8 Å². The van der Waals surface area contributed by atoms with Crippen LogP contribution in [0.2, 0.25) is 0 Å². The molecule has 3 N–H and O–H groups in total. The van der Waals surface area contributed by atoms with Gasteiger partial charge in [-0.3, -0.25) is 14.4 Å². The van der Waals surface area contributed by atoms with E-state index in [0.29, 0.717) is 48.5 Å². The fourth-order valence-electron chi connectivity index (χ4n) is 4.85. The molecule has 0 spiro atoms. The average molecular weight is 519 g/mol. The van der Waals surface area contributed by atoms with Crippen LogP contribution in [0.1, 0.15) is 56.0 Å². The summed E-state index contributed by atoms with van der Waals surface area (Å²) in [6, 6.07) is 2.32. The number of carbonyl (C=O) groups is 3. The van der Waals surface area contributed by atoms with Gasteiger partial charge in [0.15, 0.2) is 11.5 Å². The standard InChI is InChI=1S/C27H38N2O8/c1-15(2)27(34)29(8-6-10-36-16(3)4)20-13-19(26(33)28-7-9-30)22-18-11-17(14-31)12-21(35-5)24(18)37-25(22)23(20)32/h11-16,20,22-23,25,30,32H,6-10H2,1-5H3,(H,28,33)/t20-,22+,23+,25+/m1/s1. The number of nitrogens with one attached hydrogen (secondary N) is 1. The predicted octanol–water partition coefficient (Wildman–Crippen LogP) is 1.43. The second-order valence-electron chi connectivity index (χ2n) is 9.86. The van der Waals surface area contributed by atoms with Gasteiger partial charge in [0.1, 0.15) is 18.5 Å². The second kappa shape index (κ2) is 12.5. The fourth-order valence-corrected chi connectivity index (χ4v) is 4.85. The van der Waals surface area contributed by atoms with Crippen LogP contribution in [0.5, 0.6) is 11.5 Å².